The van der Waals surface area contributed by atoms with Gasteiger partial charge in [0, 0.05) is 24.4 Å². The first-order valence-electron chi connectivity index (χ1n) is 8.41. The number of amides is 1. The summed E-state index contributed by atoms with van der Waals surface area (Å²) in [5.74, 6) is -0.478. The number of carbonyl (C=O) groups excluding carboxylic acids is 2. The second-order valence-corrected chi connectivity index (χ2v) is 6.69. The van der Waals surface area contributed by atoms with E-state index in [2.05, 4.69) is 0 Å². The monoisotopic (exact) mass is 373 g/mol. The van der Waals surface area contributed by atoms with Gasteiger partial charge in [0.25, 0.3) is 0 Å². The Hall–Kier alpha value is -2.53. The highest BCUT2D eigenvalue weighted by Gasteiger charge is 2.39. The van der Waals surface area contributed by atoms with Crippen LogP contribution in [0.4, 0.5) is 4.79 Å². The number of esters is 1. The molecule has 3 rings (SSSR count). The number of hydrogen-bond donors (Lipinski definition) is 0. The molecule has 2 aromatic carbocycles. The number of halogens is 1. The van der Waals surface area contributed by atoms with E-state index in [1.807, 2.05) is 42.5 Å². The SMILES string of the molecule is CC(=O)O[C@@H]1CN(C(=O)OCc2ccccc2)C[C@H]1c1ccc(Cl)cc1. The predicted molar refractivity (Wildman–Crippen MR) is 97.9 cm³/mol. The number of ether oxygens (including phenoxy) is 2. The number of rotatable bonds is 4. The highest BCUT2D eigenvalue weighted by Crippen LogP contribution is 2.31. The van der Waals surface area contributed by atoms with Crippen LogP contribution in [0.5, 0.6) is 0 Å². The summed E-state index contributed by atoms with van der Waals surface area (Å²) < 4.78 is 10.8. The minimum absolute atomic E-state index is 0.111. The van der Waals surface area contributed by atoms with Crippen molar-refractivity contribution in [2.75, 3.05) is 13.1 Å². The smallest absolute Gasteiger partial charge is 0.410 e. The molecule has 2 aromatic rings. The zero-order valence-electron chi connectivity index (χ0n) is 14.4. The van der Waals surface area contributed by atoms with Crippen molar-refractivity contribution in [3.8, 4) is 0 Å². The zero-order valence-corrected chi connectivity index (χ0v) is 15.2. The Morgan fingerprint density at radius 2 is 1.77 bits per heavy atom. The van der Waals surface area contributed by atoms with Gasteiger partial charge in [-0.1, -0.05) is 54.1 Å². The summed E-state index contributed by atoms with van der Waals surface area (Å²) in [6, 6.07) is 16.9. The van der Waals surface area contributed by atoms with Gasteiger partial charge in [0.05, 0.1) is 6.54 Å². The maximum Gasteiger partial charge on any atom is 0.410 e. The Kier molecular flexibility index (Phi) is 5.78. The lowest BCUT2D eigenvalue weighted by molar-refractivity contribution is -0.146. The van der Waals surface area contributed by atoms with Crippen LogP contribution >= 0.6 is 11.6 Å². The maximum atomic E-state index is 12.4. The molecule has 1 aliphatic rings. The average molecular weight is 374 g/mol. The van der Waals surface area contributed by atoms with Gasteiger partial charge in [-0.25, -0.2) is 4.79 Å². The van der Waals surface area contributed by atoms with Crippen LogP contribution in [0.3, 0.4) is 0 Å². The third kappa shape index (κ3) is 4.55. The van der Waals surface area contributed by atoms with Gasteiger partial charge in [0.2, 0.25) is 0 Å². The van der Waals surface area contributed by atoms with Crippen molar-refractivity contribution in [1.29, 1.82) is 0 Å². The van der Waals surface area contributed by atoms with Crippen molar-refractivity contribution >= 4 is 23.7 Å². The molecule has 136 valence electrons. The van der Waals surface area contributed by atoms with Crippen LogP contribution in [0.15, 0.2) is 54.6 Å². The molecule has 1 heterocycles. The fraction of sp³-hybridized carbons (Fsp3) is 0.300. The summed E-state index contributed by atoms with van der Waals surface area (Å²) in [5, 5.41) is 0.634. The minimum atomic E-state index is -0.414. The van der Waals surface area contributed by atoms with Crippen LogP contribution in [0.1, 0.15) is 24.0 Å². The Morgan fingerprint density at radius 1 is 1.08 bits per heavy atom. The lowest BCUT2D eigenvalue weighted by Crippen LogP contribution is -2.31. The molecule has 1 saturated heterocycles. The first-order valence-corrected chi connectivity index (χ1v) is 8.79. The van der Waals surface area contributed by atoms with Gasteiger partial charge in [0.15, 0.2) is 0 Å². The van der Waals surface area contributed by atoms with Gasteiger partial charge in [-0.2, -0.15) is 0 Å². The standard InChI is InChI=1S/C20H20ClNO4/c1-14(23)26-19-12-22(11-18(19)16-7-9-17(21)10-8-16)20(24)25-13-15-5-3-2-4-6-15/h2-10,18-19H,11-13H2,1H3/t18-,19+/m0/s1. The molecule has 0 saturated carbocycles. The van der Waals surface area contributed by atoms with Gasteiger partial charge in [-0.15, -0.1) is 0 Å². The third-order valence-corrected chi connectivity index (χ3v) is 4.60. The van der Waals surface area contributed by atoms with Gasteiger partial charge in [-0.05, 0) is 23.3 Å². The summed E-state index contributed by atoms with van der Waals surface area (Å²) in [6.07, 6.45) is -0.819. The molecular weight excluding hydrogens is 354 g/mol. The average Bonchev–Trinajstić information content (AvgIpc) is 3.04. The molecule has 2 atom stereocenters. The highest BCUT2D eigenvalue weighted by atomic mass is 35.5. The number of benzene rings is 2. The first-order chi connectivity index (χ1) is 12.5. The summed E-state index contributed by atoms with van der Waals surface area (Å²) in [7, 11) is 0. The Bertz CT molecular complexity index is 763. The summed E-state index contributed by atoms with van der Waals surface area (Å²) in [6.45, 7) is 2.31. The Balaban J connectivity index is 1.67. The molecule has 0 radical (unpaired) electrons. The molecule has 5 nitrogen and oxygen atoms in total. The van der Waals surface area contributed by atoms with Gasteiger partial charge < -0.3 is 14.4 Å². The van der Waals surface area contributed by atoms with Gasteiger partial charge in [-0.3, -0.25) is 4.79 Å². The Labute approximate surface area is 157 Å². The fourth-order valence-electron chi connectivity index (χ4n) is 3.10. The van der Waals surface area contributed by atoms with E-state index in [0.29, 0.717) is 18.1 Å². The molecule has 0 spiro atoms. The van der Waals surface area contributed by atoms with Crippen LogP contribution in [0.2, 0.25) is 5.02 Å². The quantitative estimate of drug-likeness (QED) is 0.760. The Morgan fingerprint density at radius 3 is 2.42 bits per heavy atom. The molecule has 26 heavy (non-hydrogen) atoms. The predicted octanol–water partition coefficient (Wildman–Crippen LogP) is 4.01. The fourth-order valence-corrected chi connectivity index (χ4v) is 3.22. The van der Waals surface area contributed by atoms with Crippen molar-refractivity contribution in [3.63, 3.8) is 0 Å². The second kappa shape index (κ2) is 8.23. The molecule has 6 heteroatoms. The van der Waals surface area contributed by atoms with E-state index >= 15 is 0 Å². The molecule has 0 N–H and O–H groups in total. The van der Waals surface area contributed by atoms with Crippen molar-refractivity contribution < 1.29 is 19.1 Å². The van der Waals surface area contributed by atoms with Crippen molar-refractivity contribution in [2.24, 2.45) is 0 Å². The van der Waals surface area contributed by atoms with Crippen molar-refractivity contribution in [3.05, 3.63) is 70.7 Å². The van der Waals surface area contributed by atoms with Gasteiger partial charge in [0.1, 0.15) is 12.7 Å². The summed E-state index contributed by atoms with van der Waals surface area (Å²) >= 11 is 5.95. The highest BCUT2D eigenvalue weighted by molar-refractivity contribution is 6.30. The van der Waals surface area contributed by atoms with E-state index in [1.54, 1.807) is 17.0 Å². The first kappa shape index (κ1) is 18.3. The van der Waals surface area contributed by atoms with E-state index in [1.165, 1.54) is 6.92 Å². The molecule has 0 unspecified atom stereocenters. The molecule has 1 aliphatic heterocycles. The topological polar surface area (TPSA) is 55.8 Å². The normalized spacial score (nSPS) is 19.2. The molecule has 0 aromatic heterocycles. The van der Waals surface area contributed by atoms with Crippen molar-refractivity contribution in [2.45, 2.75) is 25.6 Å². The number of likely N-dealkylation sites (tertiary alicyclic amines) is 1. The number of carbonyl (C=O) groups is 2. The van der Waals surface area contributed by atoms with E-state index < -0.39 is 12.2 Å². The molecule has 1 fully saturated rings. The van der Waals surface area contributed by atoms with Crippen molar-refractivity contribution in [1.82, 2.24) is 4.90 Å². The van der Waals surface area contributed by atoms with Crippen LogP contribution < -0.4 is 0 Å². The second-order valence-electron chi connectivity index (χ2n) is 6.25. The van der Waals surface area contributed by atoms with Crippen LogP contribution in [0, 0.1) is 0 Å². The van der Waals surface area contributed by atoms with E-state index in [4.69, 9.17) is 21.1 Å². The third-order valence-electron chi connectivity index (χ3n) is 4.35. The van der Waals surface area contributed by atoms with Crippen LogP contribution in [0.25, 0.3) is 0 Å². The summed E-state index contributed by atoms with van der Waals surface area (Å²) in [5.41, 5.74) is 1.89. The van der Waals surface area contributed by atoms with E-state index in [9.17, 15) is 9.59 Å². The molecule has 0 aliphatic carbocycles. The molecule has 1 amide bonds. The number of nitrogens with zero attached hydrogens (tertiary/aromatic N) is 1. The van der Waals surface area contributed by atoms with Crippen LogP contribution in [-0.4, -0.2) is 36.2 Å². The van der Waals surface area contributed by atoms with E-state index in [-0.39, 0.29) is 18.5 Å². The van der Waals surface area contributed by atoms with Gasteiger partial charge >= 0.3 is 12.1 Å². The molecular formula is C20H20ClNO4. The zero-order chi connectivity index (χ0) is 18.5. The lowest BCUT2D eigenvalue weighted by Gasteiger charge is -2.18. The number of hydrogen-bond acceptors (Lipinski definition) is 4. The maximum absolute atomic E-state index is 12.4. The van der Waals surface area contributed by atoms with Crippen LogP contribution in [-0.2, 0) is 20.9 Å². The summed E-state index contributed by atoms with van der Waals surface area (Å²) in [4.78, 5) is 25.4. The largest absolute Gasteiger partial charge is 0.460 e. The minimum Gasteiger partial charge on any atom is -0.460 e. The lowest BCUT2D eigenvalue weighted by atomic mass is 9.96. The van der Waals surface area contributed by atoms with E-state index in [0.717, 1.165) is 11.1 Å². The molecule has 0 bridgehead atoms.